The van der Waals surface area contributed by atoms with E-state index >= 15 is 0 Å². The van der Waals surface area contributed by atoms with Gasteiger partial charge in [-0.1, -0.05) is 30.1 Å². The highest BCUT2D eigenvalue weighted by Gasteiger charge is 2.73. The lowest BCUT2D eigenvalue weighted by Crippen LogP contribution is -2.47. The summed E-state index contributed by atoms with van der Waals surface area (Å²) in [7, 11) is 0. The molecular formula is C19H19Cl2F2N3O2. The second-order valence-electron chi connectivity index (χ2n) is 7.61. The number of carbonyl (C=O) groups is 2. The van der Waals surface area contributed by atoms with Gasteiger partial charge in [-0.25, -0.2) is 8.78 Å². The number of alkyl halides is 2. The third kappa shape index (κ3) is 3.05. The zero-order valence-electron chi connectivity index (χ0n) is 15.1. The van der Waals surface area contributed by atoms with Crippen LogP contribution in [0.25, 0.3) is 10.9 Å². The minimum absolute atomic E-state index is 0.0473. The molecule has 1 aliphatic carbocycles. The molecule has 2 atom stereocenters. The van der Waals surface area contributed by atoms with Crippen molar-refractivity contribution in [1.82, 2.24) is 15.2 Å². The van der Waals surface area contributed by atoms with Crippen LogP contribution < -0.4 is 5.32 Å². The maximum absolute atomic E-state index is 13.6. The number of nitrogens with zero attached hydrogens (tertiary/aromatic N) is 1. The zero-order valence-corrected chi connectivity index (χ0v) is 16.6. The first-order chi connectivity index (χ1) is 13.2. The highest BCUT2D eigenvalue weighted by molar-refractivity contribution is 6.45. The normalized spacial score (nSPS) is 24.0. The molecule has 1 saturated heterocycles. The van der Waals surface area contributed by atoms with Gasteiger partial charge in [0.2, 0.25) is 5.91 Å². The van der Waals surface area contributed by atoms with E-state index in [1.54, 1.807) is 25.1 Å². The maximum atomic E-state index is 13.6. The Kier molecular flexibility index (Phi) is 4.58. The SMILES string of the molecule is CC[C@H](NC(=O)c1cc2c(Cl)c(Cl)ccc2[nH]1)C(=O)N1CC[C@@]2(C1)CC2(F)F. The Morgan fingerprint density at radius 1 is 1.36 bits per heavy atom. The summed E-state index contributed by atoms with van der Waals surface area (Å²) in [6.07, 6.45) is 0.500. The quantitative estimate of drug-likeness (QED) is 0.762. The molecule has 1 saturated carbocycles. The summed E-state index contributed by atoms with van der Waals surface area (Å²) in [4.78, 5) is 29.8. The molecule has 28 heavy (non-hydrogen) atoms. The highest BCUT2D eigenvalue weighted by atomic mass is 35.5. The number of fused-ring (bicyclic) bond motifs is 1. The summed E-state index contributed by atoms with van der Waals surface area (Å²) in [6.45, 7) is 2.11. The van der Waals surface area contributed by atoms with Crippen molar-refractivity contribution in [2.24, 2.45) is 5.41 Å². The van der Waals surface area contributed by atoms with Crippen molar-refractivity contribution >= 4 is 45.9 Å². The summed E-state index contributed by atoms with van der Waals surface area (Å²) in [6, 6.07) is 4.13. The number of benzene rings is 1. The van der Waals surface area contributed by atoms with Crippen LogP contribution in [0.3, 0.4) is 0 Å². The molecule has 2 heterocycles. The van der Waals surface area contributed by atoms with Crippen LogP contribution in [0.1, 0.15) is 36.7 Å². The average Bonchev–Trinajstić information content (AvgIpc) is 3.05. The van der Waals surface area contributed by atoms with E-state index in [2.05, 4.69) is 10.3 Å². The number of carbonyl (C=O) groups excluding carboxylic acids is 2. The lowest BCUT2D eigenvalue weighted by molar-refractivity contribution is -0.132. The molecule has 1 spiro atoms. The lowest BCUT2D eigenvalue weighted by atomic mass is 10.1. The van der Waals surface area contributed by atoms with E-state index in [0.717, 1.165) is 0 Å². The summed E-state index contributed by atoms with van der Waals surface area (Å²) in [5, 5.41) is 4.02. The van der Waals surface area contributed by atoms with Crippen molar-refractivity contribution in [3.8, 4) is 0 Å². The Labute approximate surface area is 170 Å². The third-order valence-electron chi connectivity index (χ3n) is 5.82. The molecule has 2 aliphatic rings. The molecule has 1 aromatic carbocycles. The first kappa shape index (κ1) is 19.5. The van der Waals surface area contributed by atoms with Gasteiger partial charge in [-0.15, -0.1) is 0 Å². The van der Waals surface area contributed by atoms with Crippen LogP contribution in [-0.2, 0) is 4.79 Å². The Balaban J connectivity index is 1.47. The van der Waals surface area contributed by atoms with Crippen LogP contribution >= 0.6 is 23.2 Å². The molecule has 2 amide bonds. The highest BCUT2D eigenvalue weighted by Crippen LogP contribution is 2.65. The number of halogens is 4. The van der Waals surface area contributed by atoms with Gasteiger partial charge in [0.05, 0.1) is 15.5 Å². The van der Waals surface area contributed by atoms with Crippen molar-refractivity contribution in [1.29, 1.82) is 0 Å². The number of aromatic nitrogens is 1. The smallest absolute Gasteiger partial charge is 0.268 e. The number of aromatic amines is 1. The molecule has 2 fully saturated rings. The van der Waals surface area contributed by atoms with E-state index < -0.39 is 23.3 Å². The molecule has 1 aliphatic heterocycles. The molecule has 4 rings (SSSR count). The Morgan fingerprint density at radius 3 is 2.68 bits per heavy atom. The number of nitrogens with one attached hydrogen (secondary N) is 2. The van der Waals surface area contributed by atoms with E-state index in [4.69, 9.17) is 23.2 Å². The largest absolute Gasteiger partial charge is 0.350 e. The van der Waals surface area contributed by atoms with E-state index in [1.165, 1.54) is 4.90 Å². The second kappa shape index (κ2) is 6.59. The van der Waals surface area contributed by atoms with Crippen LogP contribution in [0, 0.1) is 5.41 Å². The van der Waals surface area contributed by atoms with Gasteiger partial charge < -0.3 is 15.2 Å². The average molecular weight is 430 g/mol. The predicted octanol–water partition coefficient (Wildman–Crippen LogP) is 4.24. The van der Waals surface area contributed by atoms with Gasteiger partial charge in [-0.3, -0.25) is 9.59 Å². The van der Waals surface area contributed by atoms with Gasteiger partial charge in [-0.2, -0.15) is 0 Å². The number of hydrogen-bond acceptors (Lipinski definition) is 2. The number of likely N-dealkylation sites (tertiary alicyclic amines) is 1. The minimum atomic E-state index is -2.68. The van der Waals surface area contributed by atoms with E-state index in [0.29, 0.717) is 40.3 Å². The van der Waals surface area contributed by atoms with Crippen molar-refractivity contribution in [3.05, 3.63) is 33.9 Å². The topological polar surface area (TPSA) is 65.2 Å². The number of H-pyrrole nitrogens is 1. The molecule has 150 valence electrons. The van der Waals surface area contributed by atoms with Gasteiger partial charge in [0.1, 0.15) is 11.7 Å². The molecule has 9 heteroatoms. The first-order valence-electron chi connectivity index (χ1n) is 9.12. The molecule has 1 aromatic heterocycles. The van der Waals surface area contributed by atoms with Crippen LogP contribution in [0.2, 0.25) is 10.0 Å². The van der Waals surface area contributed by atoms with Crippen LogP contribution in [-0.4, -0.2) is 46.8 Å². The van der Waals surface area contributed by atoms with Gasteiger partial charge in [0.15, 0.2) is 0 Å². The van der Waals surface area contributed by atoms with Crippen molar-refractivity contribution < 1.29 is 18.4 Å². The molecule has 2 aromatic rings. The molecule has 0 unspecified atom stereocenters. The third-order valence-corrected chi connectivity index (χ3v) is 6.64. The summed E-state index contributed by atoms with van der Waals surface area (Å²) >= 11 is 12.2. The van der Waals surface area contributed by atoms with E-state index in [-0.39, 0.29) is 24.6 Å². The first-order valence-corrected chi connectivity index (χ1v) is 9.87. The number of hydrogen-bond donors (Lipinski definition) is 2. The Morgan fingerprint density at radius 2 is 2.07 bits per heavy atom. The Hall–Kier alpha value is -1.86. The summed E-state index contributed by atoms with van der Waals surface area (Å²) in [5.74, 6) is -3.47. The fraction of sp³-hybridized carbons (Fsp3) is 0.474. The van der Waals surface area contributed by atoms with Crippen LogP contribution in [0.15, 0.2) is 18.2 Å². The summed E-state index contributed by atoms with van der Waals surface area (Å²) in [5.41, 5.74) is -0.161. The number of amides is 2. The molecule has 5 nitrogen and oxygen atoms in total. The van der Waals surface area contributed by atoms with E-state index in [1.807, 2.05) is 0 Å². The van der Waals surface area contributed by atoms with Gasteiger partial charge in [0, 0.05) is 30.4 Å². The second-order valence-corrected chi connectivity index (χ2v) is 8.40. The van der Waals surface area contributed by atoms with E-state index in [9.17, 15) is 18.4 Å². The Bertz CT molecular complexity index is 977. The van der Waals surface area contributed by atoms with Crippen molar-refractivity contribution in [3.63, 3.8) is 0 Å². The minimum Gasteiger partial charge on any atom is -0.350 e. The molecule has 0 radical (unpaired) electrons. The number of rotatable bonds is 4. The zero-order chi connectivity index (χ0) is 20.3. The van der Waals surface area contributed by atoms with Gasteiger partial charge in [0.25, 0.3) is 11.8 Å². The van der Waals surface area contributed by atoms with Crippen LogP contribution in [0.5, 0.6) is 0 Å². The maximum Gasteiger partial charge on any atom is 0.268 e. The van der Waals surface area contributed by atoms with Crippen LogP contribution in [0.4, 0.5) is 8.78 Å². The van der Waals surface area contributed by atoms with Gasteiger partial charge >= 0.3 is 0 Å². The molecular weight excluding hydrogens is 411 g/mol. The molecule has 2 N–H and O–H groups in total. The fourth-order valence-corrected chi connectivity index (χ4v) is 4.33. The standard InChI is InChI=1S/C19H19Cl2F2N3O2/c1-2-12(17(28)26-6-5-18(9-26)8-19(18,22)23)25-16(27)14-7-10-13(24-14)4-3-11(20)15(10)21/h3-4,7,12,24H,2,5-6,8-9H2,1H3,(H,25,27)/t12-,18-/m0/s1. The van der Waals surface area contributed by atoms with Crippen molar-refractivity contribution in [2.45, 2.75) is 38.2 Å². The summed E-state index contributed by atoms with van der Waals surface area (Å²) < 4.78 is 27.1. The van der Waals surface area contributed by atoms with Gasteiger partial charge in [-0.05, 0) is 31.0 Å². The lowest BCUT2D eigenvalue weighted by Gasteiger charge is -2.23. The monoisotopic (exact) mass is 429 g/mol. The fourth-order valence-electron chi connectivity index (χ4n) is 3.94. The predicted molar refractivity (Wildman–Crippen MR) is 103 cm³/mol. The molecule has 0 bridgehead atoms. The van der Waals surface area contributed by atoms with Crippen molar-refractivity contribution in [2.75, 3.05) is 13.1 Å².